The Balaban J connectivity index is 1.22. The van der Waals surface area contributed by atoms with E-state index < -0.39 is 9.84 Å². The Morgan fingerprint density at radius 1 is 1.06 bits per heavy atom. The predicted molar refractivity (Wildman–Crippen MR) is 123 cm³/mol. The van der Waals surface area contributed by atoms with Crippen molar-refractivity contribution in [1.29, 1.82) is 0 Å². The fourth-order valence-corrected chi connectivity index (χ4v) is 5.44. The number of rotatable bonds is 4. The lowest BCUT2D eigenvalue weighted by Crippen LogP contribution is -2.48. The highest BCUT2D eigenvalue weighted by Crippen LogP contribution is 2.33. The molecular weight excluding hydrogens is 450 g/mol. The van der Waals surface area contributed by atoms with Crippen LogP contribution in [0.5, 0.6) is 11.5 Å². The summed E-state index contributed by atoms with van der Waals surface area (Å²) < 4.78 is 35.1. The molecule has 2 aromatic carbocycles. The topological polar surface area (TPSA) is 89.0 Å². The molecular formula is C22H21N3O5S2. The van der Waals surface area contributed by atoms with E-state index in [1.165, 1.54) is 17.6 Å². The first-order chi connectivity index (χ1) is 15.4. The van der Waals surface area contributed by atoms with Gasteiger partial charge in [-0.15, -0.1) is 0 Å². The summed E-state index contributed by atoms with van der Waals surface area (Å²) in [6, 6.07) is 10.6. The molecule has 0 aliphatic carbocycles. The number of carbonyl (C=O) groups excluding carboxylic acids is 1. The molecule has 0 bridgehead atoms. The summed E-state index contributed by atoms with van der Waals surface area (Å²) in [7, 11) is -3.25. The Morgan fingerprint density at radius 2 is 1.84 bits per heavy atom. The first-order valence-electron chi connectivity index (χ1n) is 10.1. The van der Waals surface area contributed by atoms with E-state index in [-0.39, 0.29) is 12.7 Å². The summed E-state index contributed by atoms with van der Waals surface area (Å²) in [4.78, 5) is 21.5. The maximum absolute atomic E-state index is 12.6. The molecule has 1 saturated heterocycles. The molecule has 0 N–H and O–H groups in total. The number of ether oxygens (including phenoxy) is 2. The predicted octanol–water partition coefficient (Wildman–Crippen LogP) is 2.79. The number of sulfone groups is 1. The monoisotopic (exact) mass is 471 g/mol. The van der Waals surface area contributed by atoms with Crippen molar-refractivity contribution in [3.05, 3.63) is 48.0 Å². The van der Waals surface area contributed by atoms with Crippen LogP contribution in [0.25, 0.3) is 16.3 Å². The first kappa shape index (κ1) is 20.8. The number of anilines is 1. The molecule has 10 heteroatoms. The lowest BCUT2D eigenvalue weighted by molar-refractivity contribution is -0.126. The molecule has 3 aromatic rings. The third-order valence-electron chi connectivity index (χ3n) is 5.45. The molecule has 0 unspecified atom stereocenters. The fourth-order valence-electron chi connectivity index (χ4n) is 3.67. The average Bonchev–Trinajstić information content (AvgIpc) is 3.42. The highest BCUT2D eigenvalue weighted by molar-refractivity contribution is 7.90. The number of amides is 1. The van der Waals surface area contributed by atoms with Crippen LogP contribution in [-0.2, 0) is 14.6 Å². The number of fused-ring (bicyclic) bond motifs is 2. The van der Waals surface area contributed by atoms with Gasteiger partial charge in [0, 0.05) is 38.5 Å². The van der Waals surface area contributed by atoms with Crippen LogP contribution >= 0.6 is 11.3 Å². The maximum Gasteiger partial charge on any atom is 0.246 e. The Morgan fingerprint density at radius 3 is 2.62 bits per heavy atom. The maximum atomic E-state index is 12.6. The van der Waals surface area contributed by atoms with Crippen molar-refractivity contribution in [1.82, 2.24) is 9.88 Å². The van der Waals surface area contributed by atoms with Gasteiger partial charge >= 0.3 is 0 Å². The smallest absolute Gasteiger partial charge is 0.246 e. The highest BCUT2D eigenvalue weighted by atomic mass is 32.2. The second-order valence-corrected chi connectivity index (χ2v) is 10.7. The molecule has 166 valence electrons. The number of piperazine rings is 1. The molecule has 1 aromatic heterocycles. The Hall–Kier alpha value is -3.11. The van der Waals surface area contributed by atoms with E-state index in [9.17, 15) is 13.2 Å². The minimum Gasteiger partial charge on any atom is -0.454 e. The number of nitrogens with zero attached hydrogens (tertiary/aromatic N) is 3. The molecule has 2 aliphatic heterocycles. The van der Waals surface area contributed by atoms with Gasteiger partial charge in [0.2, 0.25) is 12.7 Å². The van der Waals surface area contributed by atoms with Gasteiger partial charge in [-0.25, -0.2) is 13.4 Å². The molecule has 0 atom stereocenters. The zero-order chi connectivity index (χ0) is 22.3. The number of aromatic nitrogens is 1. The van der Waals surface area contributed by atoms with E-state index in [1.54, 1.807) is 30.4 Å². The molecule has 1 amide bonds. The van der Waals surface area contributed by atoms with Gasteiger partial charge < -0.3 is 19.3 Å². The lowest BCUT2D eigenvalue weighted by atomic mass is 10.2. The van der Waals surface area contributed by atoms with Crippen LogP contribution in [0.2, 0.25) is 0 Å². The third-order valence-corrected chi connectivity index (χ3v) is 7.64. The van der Waals surface area contributed by atoms with Crippen molar-refractivity contribution in [2.75, 3.05) is 44.1 Å². The van der Waals surface area contributed by atoms with E-state index in [4.69, 9.17) is 9.47 Å². The second kappa shape index (κ2) is 8.10. The van der Waals surface area contributed by atoms with E-state index in [1.807, 2.05) is 23.1 Å². The van der Waals surface area contributed by atoms with E-state index in [0.29, 0.717) is 42.6 Å². The molecule has 5 rings (SSSR count). The van der Waals surface area contributed by atoms with Crippen molar-refractivity contribution in [3.8, 4) is 11.5 Å². The van der Waals surface area contributed by atoms with Gasteiger partial charge in [-0.3, -0.25) is 4.79 Å². The number of hydrogen-bond donors (Lipinski definition) is 0. The van der Waals surface area contributed by atoms with Crippen LogP contribution in [0.4, 0.5) is 5.13 Å². The van der Waals surface area contributed by atoms with Gasteiger partial charge in [-0.2, -0.15) is 0 Å². The van der Waals surface area contributed by atoms with Gasteiger partial charge in [-0.1, -0.05) is 17.4 Å². The number of thiazole rings is 1. The molecule has 0 radical (unpaired) electrons. The van der Waals surface area contributed by atoms with E-state index in [0.717, 1.165) is 20.9 Å². The molecule has 32 heavy (non-hydrogen) atoms. The van der Waals surface area contributed by atoms with Crippen molar-refractivity contribution in [2.24, 2.45) is 0 Å². The lowest BCUT2D eigenvalue weighted by Gasteiger charge is -2.34. The number of benzene rings is 2. The summed E-state index contributed by atoms with van der Waals surface area (Å²) in [5.74, 6) is 1.36. The van der Waals surface area contributed by atoms with Gasteiger partial charge in [0.1, 0.15) is 0 Å². The van der Waals surface area contributed by atoms with Crippen molar-refractivity contribution in [2.45, 2.75) is 4.90 Å². The van der Waals surface area contributed by atoms with Crippen LogP contribution in [0.15, 0.2) is 47.4 Å². The van der Waals surface area contributed by atoms with Gasteiger partial charge in [0.05, 0.1) is 15.1 Å². The molecule has 0 spiro atoms. The minimum absolute atomic E-state index is 0.0376. The van der Waals surface area contributed by atoms with E-state index >= 15 is 0 Å². The van der Waals surface area contributed by atoms with Crippen LogP contribution in [0.3, 0.4) is 0 Å². The molecule has 1 fully saturated rings. The summed E-state index contributed by atoms with van der Waals surface area (Å²) in [5, 5.41) is 0.841. The standard InChI is InChI=1S/C22H21N3O5S2/c1-32(27,28)16-4-5-17-20(13-16)31-22(23-17)25-10-8-24(9-11-25)21(26)7-3-15-2-6-18-19(12-15)30-14-29-18/h2-7,12-13H,8-11,14H2,1H3/b7-3-. The van der Waals surface area contributed by atoms with Gasteiger partial charge in [0.15, 0.2) is 26.5 Å². The first-order valence-corrected chi connectivity index (χ1v) is 12.8. The summed E-state index contributed by atoms with van der Waals surface area (Å²) in [6.07, 6.45) is 4.56. The van der Waals surface area contributed by atoms with Crippen molar-refractivity contribution < 1.29 is 22.7 Å². The normalized spacial score (nSPS) is 16.3. The quantitative estimate of drug-likeness (QED) is 0.541. The highest BCUT2D eigenvalue weighted by Gasteiger charge is 2.22. The molecule has 8 nitrogen and oxygen atoms in total. The second-order valence-electron chi connectivity index (χ2n) is 7.66. The van der Waals surface area contributed by atoms with Gasteiger partial charge in [-0.05, 0) is 42.0 Å². The van der Waals surface area contributed by atoms with Crippen molar-refractivity contribution >= 4 is 48.5 Å². The summed E-state index contributed by atoms with van der Waals surface area (Å²) in [6.45, 7) is 2.74. The van der Waals surface area contributed by atoms with E-state index in [2.05, 4.69) is 9.88 Å². The SMILES string of the molecule is CS(=O)(=O)c1ccc2nc(N3CCN(C(=O)/C=C\c4ccc5c(c4)OCO5)CC3)sc2c1. The molecule has 3 heterocycles. The Bertz CT molecular complexity index is 1320. The number of hydrogen-bond acceptors (Lipinski definition) is 8. The Kier molecular flexibility index (Phi) is 5.26. The largest absolute Gasteiger partial charge is 0.454 e. The van der Waals surface area contributed by atoms with Crippen molar-refractivity contribution in [3.63, 3.8) is 0 Å². The summed E-state index contributed by atoms with van der Waals surface area (Å²) >= 11 is 1.47. The fraction of sp³-hybridized carbons (Fsp3) is 0.273. The van der Waals surface area contributed by atoms with Crippen LogP contribution < -0.4 is 14.4 Å². The average molecular weight is 472 g/mol. The zero-order valence-electron chi connectivity index (χ0n) is 17.4. The molecule has 0 saturated carbocycles. The van der Waals surface area contributed by atoms with Crippen LogP contribution in [0.1, 0.15) is 5.56 Å². The Labute approximate surface area is 189 Å². The minimum atomic E-state index is -3.25. The number of carbonyl (C=O) groups is 1. The van der Waals surface area contributed by atoms with Gasteiger partial charge in [0.25, 0.3) is 0 Å². The van der Waals surface area contributed by atoms with Crippen LogP contribution in [-0.4, -0.2) is 63.4 Å². The third kappa shape index (κ3) is 4.15. The zero-order valence-corrected chi connectivity index (χ0v) is 19.0. The van der Waals surface area contributed by atoms with Crippen LogP contribution in [0, 0.1) is 0 Å². The molecule has 2 aliphatic rings. The summed E-state index contributed by atoms with van der Waals surface area (Å²) in [5.41, 5.74) is 1.66.